The zero-order valence-electron chi connectivity index (χ0n) is 16.8. The summed E-state index contributed by atoms with van der Waals surface area (Å²) in [5.41, 5.74) is 2.50. The van der Waals surface area contributed by atoms with E-state index in [1.165, 1.54) is 20.0 Å². The van der Waals surface area contributed by atoms with E-state index in [1.54, 1.807) is 17.0 Å². The van der Waals surface area contributed by atoms with Crippen LogP contribution in [0.25, 0.3) is 0 Å². The first-order chi connectivity index (χ1) is 13.7. The molecule has 1 aliphatic heterocycles. The topological polar surface area (TPSA) is 86.8 Å². The van der Waals surface area contributed by atoms with E-state index in [9.17, 15) is 18.0 Å². The molecular formula is C21H25N3O4S. The quantitative estimate of drug-likeness (QED) is 0.781. The molecule has 0 unspecified atom stereocenters. The molecule has 3 rings (SSSR count). The molecule has 0 spiro atoms. The molecule has 0 aliphatic carbocycles. The van der Waals surface area contributed by atoms with E-state index in [-0.39, 0.29) is 29.3 Å². The fourth-order valence-electron chi connectivity index (χ4n) is 3.57. The molecule has 1 N–H and O–H groups in total. The number of nitrogens with zero attached hydrogens (tertiary/aromatic N) is 2. The second-order valence-corrected chi connectivity index (χ2v) is 9.30. The maximum Gasteiger partial charge on any atom is 0.243 e. The van der Waals surface area contributed by atoms with Crippen molar-refractivity contribution < 1.29 is 18.0 Å². The Bertz CT molecular complexity index is 1020. The minimum atomic E-state index is -3.82. The van der Waals surface area contributed by atoms with Gasteiger partial charge in [0, 0.05) is 32.2 Å². The molecule has 1 heterocycles. The van der Waals surface area contributed by atoms with Crippen LogP contribution >= 0.6 is 0 Å². The minimum Gasteiger partial charge on any atom is -0.351 e. The monoisotopic (exact) mass is 415 g/mol. The molecule has 29 heavy (non-hydrogen) atoms. The molecule has 2 aromatic carbocycles. The van der Waals surface area contributed by atoms with Gasteiger partial charge >= 0.3 is 0 Å². The van der Waals surface area contributed by atoms with Crippen LogP contribution in [0, 0.1) is 0 Å². The van der Waals surface area contributed by atoms with Gasteiger partial charge in [0.1, 0.15) is 0 Å². The number of rotatable bonds is 6. The molecule has 8 heteroatoms. The lowest BCUT2D eigenvalue weighted by Crippen LogP contribution is -2.38. The first kappa shape index (κ1) is 21.0. The molecule has 2 aromatic rings. The molecule has 7 nitrogen and oxygen atoms in total. The van der Waals surface area contributed by atoms with Crippen molar-refractivity contribution in [3.8, 4) is 0 Å². The van der Waals surface area contributed by atoms with Gasteiger partial charge < -0.3 is 10.2 Å². The highest BCUT2D eigenvalue weighted by Gasteiger charge is 2.31. The lowest BCUT2D eigenvalue weighted by molar-refractivity contribution is -0.121. The average Bonchev–Trinajstić information content (AvgIpc) is 3.02. The van der Waals surface area contributed by atoms with Crippen molar-refractivity contribution in [1.82, 2.24) is 9.62 Å². The van der Waals surface area contributed by atoms with E-state index in [4.69, 9.17) is 0 Å². The van der Waals surface area contributed by atoms with E-state index in [1.807, 2.05) is 37.3 Å². The Labute approximate surface area is 171 Å². The van der Waals surface area contributed by atoms with E-state index < -0.39 is 10.0 Å². The van der Waals surface area contributed by atoms with Gasteiger partial charge in [-0.1, -0.05) is 30.3 Å². The summed E-state index contributed by atoms with van der Waals surface area (Å²) in [5, 5.41) is 2.73. The van der Waals surface area contributed by atoms with Crippen LogP contribution in [0.1, 0.15) is 25.0 Å². The van der Waals surface area contributed by atoms with Crippen LogP contribution in [0.3, 0.4) is 0 Å². The third-order valence-corrected chi connectivity index (χ3v) is 6.81. The molecule has 1 atom stereocenters. The fourth-order valence-corrected chi connectivity index (χ4v) is 4.75. The van der Waals surface area contributed by atoms with E-state index in [0.29, 0.717) is 13.0 Å². The maximum atomic E-state index is 12.9. The molecule has 0 bridgehead atoms. The number of amides is 2. The summed E-state index contributed by atoms with van der Waals surface area (Å²) in [6.07, 6.45) is 0.597. The molecule has 0 fully saturated rings. The largest absolute Gasteiger partial charge is 0.351 e. The van der Waals surface area contributed by atoms with Crippen molar-refractivity contribution in [2.75, 3.05) is 18.5 Å². The van der Waals surface area contributed by atoms with Crippen molar-refractivity contribution in [3.05, 3.63) is 59.7 Å². The number of hydrogen-bond donors (Lipinski definition) is 1. The molecule has 0 saturated carbocycles. The number of sulfonamides is 1. The molecule has 2 amide bonds. The van der Waals surface area contributed by atoms with Gasteiger partial charge in [0.25, 0.3) is 0 Å². The first-order valence-corrected chi connectivity index (χ1v) is 10.8. The van der Waals surface area contributed by atoms with Crippen LogP contribution in [-0.2, 0) is 32.6 Å². The van der Waals surface area contributed by atoms with Crippen LogP contribution < -0.4 is 10.2 Å². The smallest absolute Gasteiger partial charge is 0.243 e. The second-order valence-electron chi connectivity index (χ2n) is 7.26. The summed E-state index contributed by atoms with van der Waals surface area (Å²) in [6, 6.07) is 14.1. The van der Waals surface area contributed by atoms with Crippen molar-refractivity contribution >= 4 is 27.5 Å². The number of fused-ring (bicyclic) bond motifs is 1. The second kappa shape index (κ2) is 8.34. The summed E-state index contributed by atoms with van der Waals surface area (Å²) < 4.78 is 26.8. The number of anilines is 1. The van der Waals surface area contributed by atoms with E-state index in [2.05, 4.69) is 5.32 Å². The SMILES string of the molecule is CC(=O)N1c2ccc(S(=O)(=O)N(C)CC(=O)NCc3ccccc3)cc2C[C@@H]1C. The molecule has 154 valence electrons. The molecule has 1 aliphatic rings. The van der Waals surface area contributed by atoms with Crippen LogP contribution in [0.2, 0.25) is 0 Å². The Kier molecular flexibility index (Phi) is 6.04. The van der Waals surface area contributed by atoms with Crippen LogP contribution in [0.15, 0.2) is 53.4 Å². The Morgan fingerprint density at radius 1 is 1.17 bits per heavy atom. The third kappa shape index (κ3) is 4.49. The highest BCUT2D eigenvalue weighted by Crippen LogP contribution is 2.34. The summed E-state index contributed by atoms with van der Waals surface area (Å²) in [4.78, 5) is 25.8. The lowest BCUT2D eigenvalue weighted by Gasteiger charge is -2.21. The minimum absolute atomic E-state index is 0.0121. The van der Waals surface area contributed by atoms with Gasteiger partial charge in [-0.25, -0.2) is 8.42 Å². The van der Waals surface area contributed by atoms with Crippen molar-refractivity contribution in [2.24, 2.45) is 0 Å². The number of carbonyl (C=O) groups excluding carboxylic acids is 2. The van der Waals surface area contributed by atoms with Gasteiger partial charge in [0.05, 0.1) is 11.4 Å². The number of nitrogens with one attached hydrogen (secondary N) is 1. The first-order valence-electron chi connectivity index (χ1n) is 9.40. The zero-order valence-corrected chi connectivity index (χ0v) is 17.6. The normalized spacial score (nSPS) is 16.0. The predicted octanol–water partition coefficient (Wildman–Crippen LogP) is 1.92. The molecular weight excluding hydrogens is 390 g/mol. The van der Waals surface area contributed by atoms with Crippen molar-refractivity contribution in [2.45, 2.75) is 37.8 Å². The Morgan fingerprint density at radius 2 is 1.86 bits per heavy atom. The highest BCUT2D eigenvalue weighted by atomic mass is 32.2. The fraction of sp³-hybridized carbons (Fsp3) is 0.333. The zero-order chi connectivity index (χ0) is 21.2. The Morgan fingerprint density at radius 3 is 2.52 bits per heavy atom. The van der Waals surface area contributed by atoms with Crippen LogP contribution in [0.5, 0.6) is 0 Å². The molecule has 0 saturated heterocycles. The summed E-state index contributed by atoms with van der Waals surface area (Å²) in [7, 11) is -2.44. The highest BCUT2D eigenvalue weighted by molar-refractivity contribution is 7.89. The van der Waals surface area contributed by atoms with Gasteiger partial charge in [-0.15, -0.1) is 0 Å². The Hall–Kier alpha value is -2.71. The summed E-state index contributed by atoms with van der Waals surface area (Å²) in [6.45, 7) is 3.49. The molecule has 0 radical (unpaired) electrons. The molecule has 0 aromatic heterocycles. The van der Waals surface area contributed by atoms with Crippen molar-refractivity contribution in [3.63, 3.8) is 0 Å². The van der Waals surface area contributed by atoms with Gasteiger partial charge in [-0.2, -0.15) is 4.31 Å². The van der Waals surface area contributed by atoms with Crippen LogP contribution in [0.4, 0.5) is 5.69 Å². The van der Waals surface area contributed by atoms with Gasteiger partial charge in [-0.05, 0) is 42.7 Å². The average molecular weight is 416 g/mol. The van der Waals surface area contributed by atoms with Crippen molar-refractivity contribution in [1.29, 1.82) is 0 Å². The number of hydrogen-bond acceptors (Lipinski definition) is 4. The van der Waals surface area contributed by atoms with Gasteiger partial charge in [0.15, 0.2) is 0 Å². The van der Waals surface area contributed by atoms with Gasteiger partial charge in [0.2, 0.25) is 21.8 Å². The maximum absolute atomic E-state index is 12.9. The summed E-state index contributed by atoms with van der Waals surface area (Å²) in [5.74, 6) is -0.448. The standard InChI is InChI=1S/C21H25N3O4S/c1-15-11-18-12-19(9-10-20(18)24(15)16(2)25)29(27,28)23(3)14-21(26)22-13-17-7-5-4-6-8-17/h4-10,12,15H,11,13-14H2,1-3H3,(H,22,26)/t15-/m0/s1. The Balaban J connectivity index is 1.69. The number of likely N-dealkylation sites (N-methyl/N-ethyl adjacent to an activating group) is 1. The summed E-state index contributed by atoms with van der Waals surface area (Å²) >= 11 is 0. The van der Waals surface area contributed by atoms with E-state index >= 15 is 0 Å². The van der Waals surface area contributed by atoms with E-state index in [0.717, 1.165) is 21.1 Å². The lowest BCUT2D eigenvalue weighted by atomic mass is 10.1. The van der Waals surface area contributed by atoms with Gasteiger partial charge in [-0.3, -0.25) is 9.59 Å². The predicted molar refractivity (Wildman–Crippen MR) is 111 cm³/mol. The number of carbonyl (C=O) groups is 2. The van der Waals surface area contributed by atoms with Crippen LogP contribution in [-0.4, -0.2) is 44.2 Å². The number of benzene rings is 2. The third-order valence-electron chi connectivity index (χ3n) is 5.01.